The molecule has 2 atom stereocenters. The van der Waals surface area contributed by atoms with E-state index in [-0.39, 0.29) is 44.8 Å². The highest BCUT2D eigenvalue weighted by Crippen LogP contribution is 2.42. The quantitative estimate of drug-likeness (QED) is 0.135. The second-order valence-corrected chi connectivity index (χ2v) is 11.4. The fraction of sp³-hybridized carbons (Fsp3) is 0.750. The fourth-order valence-corrected chi connectivity index (χ4v) is 3.30. The predicted octanol–water partition coefficient (Wildman–Crippen LogP) is 0.145. The number of quaternary nitrogens is 1. The molecule has 0 saturated heterocycles. The topological polar surface area (TPSA) is 191 Å². The zero-order valence-corrected chi connectivity index (χ0v) is 22.5. The highest BCUT2D eigenvalue weighted by Gasteiger charge is 2.26. The monoisotopic (exact) mass is 537 g/mol. The number of aliphatic carboxylic acids is 1. The summed E-state index contributed by atoms with van der Waals surface area (Å²) in [6, 6.07) is -1.05. The number of hydrogen-bond acceptors (Lipinski definition) is 9. The smallest absolute Gasteiger partial charge is 0.472 e. The number of amides is 2. The molecule has 1 aromatic rings. The van der Waals surface area contributed by atoms with Gasteiger partial charge in [0.15, 0.2) is 0 Å². The van der Waals surface area contributed by atoms with Crippen LogP contribution in [0.1, 0.15) is 32.9 Å². The first-order valence-electron chi connectivity index (χ1n) is 11.3. The molecule has 1 unspecified atom stereocenters. The van der Waals surface area contributed by atoms with Gasteiger partial charge in [0.05, 0.1) is 39.9 Å². The lowest BCUT2D eigenvalue weighted by atomic mass is 10.2. The number of carbonyl (C=O) groups excluding carboxylic acids is 2. The molecule has 0 bridgehead atoms. The predicted molar refractivity (Wildman–Crippen MR) is 127 cm³/mol. The third-order valence-corrected chi connectivity index (χ3v) is 5.26. The number of aryl methyl sites for hydroxylation is 1. The molecule has 2 amide bonds. The van der Waals surface area contributed by atoms with Crippen LogP contribution in [0.5, 0.6) is 0 Å². The van der Waals surface area contributed by atoms with Gasteiger partial charge in [0.2, 0.25) is 5.91 Å². The average Bonchev–Trinajstić information content (AvgIpc) is 3.12. The standard InChI is InChI=1S/C20H37N6O9P/c1-20(2,3)35-19(30)22-16(7-9-25-14-15(23-24-25)13-17(27)28)18(29)21-8-11-33-36(31,32)34-12-10-26(4,5)6/h14,16H,7-13H2,1-6H3,(H3-,21,22,27,28,29,30,31,32)/p+1/t16-/m0/s1. The summed E-state index contributed by atoms with van der Waals surface area (Å²) in [5.74, 6) is -1.65. The zero-order chi connectivity index (χ0) is 27.6. The van der Waals surface area contributed by atoms with Gasteiger partial charge in [0.1, 0.15) is 24.8 Å². The Morgan fingerprint density at radius 3 is 2.42 bits per heavy atom. The Morgan fingerprint density at radius 2 is 1.83 bits per heavy atom. The molecule has 0 fully saturated rings. The Balaban J connectivity index is 2.64. The molecule has 1 aromatic heterocycles. The van der Waals surface area contributed by atoms with Gasteiger partial charge in [-0.1, -0.05) is 5.21 Å². The summed E-state index contributed by atoms with van der Waals surface area (Å²) < 4.78 is 28.8. The minimum Gasteiger partial charge on any atom is -0.481 e. The number of carbonyl (C=O) groups is 3. The molecular weight excluding hydrogens is 499 g/mol. The van der Waals surface area contributed by atoms with E-state index in [0.717, 1.165) is 0 Å². The molecule has 16 heteroatoms. The van der Waals surface area contributed by atoms with Crippen LogP contribution in [0.2, 0.25) is 0 Å². The number of aromatic nitrogens is 3. The van der Waals surface area contributed by atoms with Gasteiger partial charge in [-0.25, -0.2) is 9.36 Å². The van der Waals surface area contributed by atoms with Crippen LogP contribution >= 0.6 is 7.82 Å². The highest BCUT2D eigenvalue weighted by atomic mass is 31.2. The van der Waals surface area contributed by atoms with Gasteiger partial charge in [-0.05, 0) is 27.2 Å². The normalized spacial score (nSPS) is 14.5. The van der Waals surface area contributed by atoms with Gasteiger partial charge < -0.3 is 29.9 Å². The Bertz CT molecular complexity index is 926. The van der Waals surface area contributed by atoms with Crippen LogP contribution < -0.4 is 10.6 Å². The summed E-state index contributed by atoms with van der Waals surface area (Å²) in [6.07, 6.45) is 0.402. The second-order valence-electron chi connectivity index (χ2n) is 9.97. The average molecular weight is 538 g/mol. The third kappa shape index (κ3) is 14.7. The van der Waals surface area contributed by atoms with Gasteiger partial charge >= 0.3 is 19.9 Å². The van der Waals surface area contributed by atoms with Crippen molar-refractivity contribution >= 4 is 25.8 Å². The molecule has 0 aliphatic heterocycles. The first-order valence-corrected chi connectivity index (χ1v) is 12.8. The molecular formula is C20H38N6O9P+. The first kappa shape index (κ1) is 31.4. The summed E-state index contributed by atoms with van der Waals surface area (Å²) in [6.45, 7) is 5.25. The van der Waals surface area contributed by atoms with Crippen LogP contribution in [0.3, 0.4) is 0 Å². The Morgan fingerprint density at radius 1 is 1.19 bits per heavy atom. The molecule has 0 aromatic carbocycles. The largest absolute Gasteiger partial charge is 0.481 e. The number of carboxylic acid groups (broad SMARTS) is 1. The van der Waals surface area contributed by atoms with Gasteiger partial charge in [-0.15, -0.1) is 5.10 Å². The van der Waals surface area contributed by atoms with Crippen LogP contribution in [0, 0.1) is 0 Å². The number of nitrogens with zero attached hydrogens (tertiary/aromatic N) is 4. The minimum absolute atomic E-state index is 0.0159. The van der Waals surface area contributed by atoms with Crippen LogP contribution in [0.4, 0.5) is 4.79 Å². The van der Waals surface area contributed by atoms with Crippen LogP contribution in [-0.2, 0) is 40.9 Å². The van der Waals surface area contributed by atoms with Gasteiger partial charge in [0.25, 0.3) is 0 Å². The molecule has 4 N–H and O–H groups in total. The highest BCUT2D eigenvalue weighted by molar-refractivity contribution is 7.47. The van der Waals surface area contributed by atoms with Crippen LogP contribution in [-0.4, -0.2) is 107 Å². The summed E-state index contributed by atoms with van der Waals surface area (Å²) in [4.78, 5) is 45.5. The van der Waals surface area contributed by atoms with Crippen LogP contribution in [0.15, 0.2) is 6.20 Å². The molecule has 0 aliphatic carbocycles. The first-order chi connectivity index (χ1) is 16.5. The molecule has 206 valence electrons. The van der Waals surface area contributed by atoms with Crippen molar-refractivity contribution in [2.75, 3.05) is 47.4 Å². The van der Waals surface area contributed by atoms with Gasteiger partial charge in [-0.3, -0.25) is 23.3 Å². The molecule has 1 heterocycles. The van der Waals surface area contributed by atoms with Crippen molar-refractivity contribution in [3.8, 4) is 0 Å². The molecule has 36 heavy (non-hydrogen) atoms. The minimum atomic E-state index is -4.28. The van der Waals surface area contributed by atoms with E-state index in [2.05, 4.69) is 20.9 Å². The Kier molecular flexibility index (Phi) is 11.9. The van der Waals surface area contributed by atoms with E-state index in [0.29, 0.717) is 11.0 Å². The van der Waals surface area contributed by atoms with Gasteiger partial charge in [0, 0.05) is 19.3 Å². The number of hydrogen-bond donors (Lipinski definition) is 4. The van der Waals surface area contributed by atoms with Crippen LogP contribution in [0.25, 0.3) is 0 Å². The molecule has 0 radical (unpaired) electrons. The second kappa shape index (κ2) is 13.7. The molecule has 0 spiro atoms. The van der Waals surface area contributed by atoms with Crippen molar-refractivity contribution in [3.05, 3.63) is 11.9 Å². The molecule has 1 rings (SSSR count). The number of alkyl carbamates (subject to hydrolysis) is 1. The fourth-order valence-electron chi connectivity index (χ4n) is 2.59. The van der Waals surface area contributed by atoms with E-state index in [9.17, 15) is 23.8 Å². The number of nitrogens with one attached hydrogen (secondary N) is 2. The van der Waals surface area contributed by atoms with Crippen molar-refractivity contribution in [1.82, 2.24) is 25.6 Å². The number of likely N-dealkylation sites (N-methyl/N-ethyl adjacent to an activating group) is 1. The summed E-state index contributed by atoms with van der Waals surface area (Å²) in [5.41, 5.74) is -0.539. The van der Waals surface area contributed by atoms with Crippen molar-refractivity contribution in [3.63, 3.8) is 0 Å². The van der Waals surface area contributed by atoms with E-state index < -0.39 is 37.4 Å². The SMILES string of the molecule is CC(C)(C)OC(=O)N[C@@H](CCn1cc(CC(=O)O)nn1)C(=O)NCCOP(=O)(O)OCC[N+](C)(C)C. The molecule has 15 nitrogen and oxygen atoms in total. The number of carboxylic acids is 1. The summed E-state index contributed by atoms with van der Waals surface area (Å²) in [7, 11) is 1.43. The van der Waals surface area contributed by atoms with E-state index in [1.807, 2.05) is 21.1 Å². The van der Waals surface area contributed by atoms with Crippen molar-refractivity contribution < 1.29 is 47.2 Å². The van der Waals surface area contributed by atoms with Crippen molar-refractivity contribution in [2.45, 2.75) is 51.8 Å². The van der Waals surface area contributed by atoms with E-state index in [1.54, 1.807) is 20.8 Å². The van der Waals surface area contributed by atoms with E-state index in [1.165, 1.54) is 10.9 Å². The lowest BCUT2D eigenvalue weighted by molar-refractivity contribution is -0.870. The van der Waals surface area contributed by atoms with Crippen molar-refractivity contribution in [2.24, 2.45) is 0 Å². The zero-order valence-electron chi connectivity index (χ0n) is 21.6. The maximum atomic E-state index is 12.7. The number of ether oxygens (including phenoxy) is 1. The maximum absolute atomic E-state index is 12.7. The number of rotatable bonds is 15. The number of phosphoric acid groups is 1. The van der Waals surface area contributed by atoms with E-state index in [4.69, 9.17) is 18.9 Å². The lowest BCUT2D eigenvalue weighted by Gasteiger charge is -2.24. The Hall–Kier alpha value is -2.58. The van der Waals surface area contributed by atoms with E-state index >= 15 is 0 Å². The summed E-state index contributed by atoms with van der Waals surface area (Å²) in [5, 5.41) is 21.4. The number of phosphoric ester groups is 1. The maximum Gasteiger partial charge on any atom is 0.472 e. The third-order valence-electron chi connectivity index (χ3n) is 4.25. The Labute approximate surface area is 210 Å². The van der Waals surface area contributed by atoms with Gasteiger partial charge in [-0.2, -0.15) is 0 Å². The molecule has 0 saturated carbocycles. The summed E-state index contributed by atoms with van der Waals surface area (Å²) >= 11 is 0. The molecule has 0 aliphatic rings. The van der Waals surface area contributed by atoms with Crippen molar-refractivity contribution in [1.29, 1.82) is 0 Å². The lowest BCUT2D eigenvalue weighted by Crippen LogP contribution is -2.49.